The molecular weight excluding hydrogens is 444 g/mol. The molecule has 0 aliphatic carbocycles. The molecule has 0 bridgehead atoms. The third kappa shape index (κ3) is 5.74. The van der Waals surface area contributed by atoms with Crippen molar-refractivity contribution in [2.75, 3.05) is 39.1 Å². The van der Waals surface area contributed by atoms with Gasteiger partial charge in [-0.2, -0.15) is 0 Å². The Hall–Kier alpha value is -2.29. The first-order valence-electron chi connectivity index (χ1n) is 10.8. The lowest BCUT2D eigenvalue weighted by atomic mass is 9.83. The molecule has 3 heterocycles. The summed E-state index contributed by atoms with van der Waals surface area (Å²) in [4.78, 5) is 18.8. The first kappa shape index (κ1) is 22.9. The maximum absolute atomic E-state index is 12.0. The van der Waals surface area contributed by atoms with Gasteiger partial charge in [-0.3, -0.25) is 4.79 Å². The van der Waals surface area contributed by atoms with Crippen LogP contribution in [-0.2, 0) is 4.79 Å². The van der Waals surface area contributed by atoms with E-state index in [0.717, 1.165) is 42.6 Å². The van der Waals surface area contributed by atoms with Crippen molar-refractivity contribution in [1.82, 2.24) is 9.88 Å². The second-order valence-corrected chi connectivity index (χ2v) is 10.2. The van der Waals surface area contributed by atoms with E-state index in [1.165, 1.54) is 4.21 Å². The SMILES string of the molecule is COc1ccc2cccc(OCC[C@@H]3CCN(CCSc4cccs4)C[C@@H]3C(=O)O)c2n1. The van der Waals surface area contributed by atoms with Crippen LogP contribution in [0.15, 0.2) is 52.1 Å². The highest BCUT2D eigenvalue weighted by Crippen LogP contribution is 2.30. The highest BCUT2D eigenvalue weighted by atomic mass is 32.2. The maximum Gasteiger partial charge on any atom is 0.308 e. The molecule has 1 fully saturated rings. The Labute approximate surface area is 196 Å². The second kappa shape index (κ2) is 11.0. The number of thiophene rings is 1. The van der Waals surface area contributed by atoms with Gasteiger partial charge in [0.2, 0.25) is 5.88 Å². The van der Waals surface area contributed by atoms with Gasteiger partial charge in [0.1, 0.15) is 11.3 Å². The van der Waals surface area contributed by atoms with Crippen LogP contribution in [0.1, 0.15) is 12.8 Å². The number of carboxylic acid groups (broad SMARTS) is 1. The van der Waals surface area contributed by atoms with E-state index in [2.05, 4.69) is 27.4 Å². The number of carboxylic acids is 1. The number of likely N-dealkylation sites (tertiary alicyclic amines) is 1. The second-order valence-electron chi connectivity index (χ2n) is 7.89. The minimum absolute atomic E-state index is 0.117. The lowest BCUT2D eigenvalue weighted by Gasteiger charge is -2.36. The Morgan fingerprint density at radius 3 is 2.97 bits per heavy atom. The van der Waals surface area contributed by atoms with Crippen molar-refractivity contribution in [2.45, 2.75) is 17.1 Å². The number of ether oxygens (including phenoxy) is 2. The molecule has 1 N–H and O–H groups in total. The Morgan fingerprint density at radius 1 is 1.28 bits per heavy atom. The van der Waals surface area contributed by atoms with Crippen molar-refractivity contribution in [3.63, 3.8) is 0 Å². The zero-order chi connectivity index (χ0) is 22.3. The lowest BCUT2D eigenvalue weighted by molar-refractivity contribution is -0.146. The number of hydrogen-bond donors (Lipinski definition) is 1. The summed E-state index contributed by atoms with van der Waals surface area (Å²) in [6, 6.07) is 13.8. The molecule has 8 heteroatoms. The molecule has 0 radical (unpaired) electrons. The summed E-state index contributed by atoms with van der Waals surface area (Å²) >= 11 is 3.59. The van der Waals surface area contributed by atoms with E-state index in [9.17, 15) is 9.90 Å². The van der Waals surface area contributed by atoms with Gasteiger partial charge >= 0.3 is 5.97 Å². The van der Waals surface area contributed by atoms with Gasteiger partial charge in [0.05, 0.1) is 23.8 Å². The first-order chi connectivity index (χ1) is 15.6. The Morgan fingerprint density at radius 2 is 2.19 bits per heavy atom. The molecule has 2 atom stereocenters. The molecule has 4 rings (SSSR count). The fourth-order valence-corrected chi connectivity index (χ4v) is 6.03. The highest BCUT2D eigenvalue weighted by molar-refractivity contribution is 8.01. The van der Waals surface area contributed by atoms with Crippen molar-refractivity contribution < 1.29 is 19.4 Å². The average Bonchev–Trinajstić information content (AvgIpc) is 3.33. The van der Waals surface area contributed by atoms with E-state index in [-0.39, 0.29) is 11.8 Å². The average molecular weight is 473 g/mol. The zero-order valence-corrected chi connectivity index (χ0v) is 19.7. The normalized spacial score (nSPS) is 19.2. The molecule has 3 aromatic rings. The largest absolute Gasteiger partial charge is 0.491 e. The summed E-state index contributed by atoms with van der Waals surface area (Å²) in [5.41, 5.74) is 0.764. The number of rotatable bonds is 10. The molecule has 1 saturated heterocycles. The summed E-state index contributed by atoms with van der Waals surface area (Å²) in [5.74, 6) is 1.29. The summed E-state index contributed by atoms with van der Waals surface area (Å²) in [5, 5.41) is 12.9. The van der Waals surface area contributed by atoms with Crippen LogP contribution < -0.4 is 9.47 Å². The summed E-state index contributed by atoms with van der Waals surface area (Å²) in [6.07, 6.45) is 1.60. The van der Waals surface area contributed by atoms with Gasteiger partial charge in [-0.15, -0.1) is 23.1 Å². The molecule has 0 unspecified atom stereocenters. The quantitative estimate of drug-likeness (QED) is 0.421. The zero-order valence-electron chi connectivity index (χ0n) is 18.1. The van der Waals surface area contributed by atoms with Crippen LogP contribution in [0.25, 0.3) is 10.9 Å². The molecule has 1 aliphatic heterocycles. The van der Waals surface area contributed by atoms with Gasteiger partial charge in [0.25, 0.3) is 0 Å². The predicted molar refractivity (Wildman–Crippen MR) is 129 cm³/mol. The molecule has 170 valence electrons. The van der Waals surface area contributed by atoms with Crippen LogP contribution in [0.3, 0.4) is 0 Å². The molecule has 0 spiro atoms. The van der Waals surface area contributed by atoms with Gasteiger partial charge < -0.3 is 19.5 Å². The van der Waals surface area contributed by atoms with Crippen molar-refractivity contribution in [1.29, 1.82) is 0 Å². The van der Waals surface area contributed by atoms with Crippen LogP contribution in [0.2, 0.25) is 0 Å². The third-order valence-electron chi connectivity index (χ3n) is 5.92. The van der Waals surface area contributed by atoms with Gasteiger partial charge in [-0.05, 0) is 48.9 Å². The first-order valence-corrected chi connectivity index (χ1v) is 12.7. The van der Waals surface area contributed by atoms with Crippen LogP contribution >= 0.6 is 23.1 Å². The topological polar surface area (TPSA) is 71.9 Å². The van der Waals surface area contributed by atoms with Gasteiger partial charge in [0.15, 0.2) is 0 Å². The van der Waals surface area contributed by atoms with E-state index < -0.39 is 5.97 Å². The van der Waals surface area contributed by atoms with E-state index in [4.69, 9.17) is 9.47 Å². The Kier molecular flexibility index (Phi) is 7.89. The number of nitrogens with zero attached hydrogens (tertiary/aromatic N) is 2. The maximum atomic E-state index is 12.0. The van der Waals surface area contributed by atoms with Gasteiger partial charge in [-0.25, -0.2) is 4.98 Å². The number of piperidine rings is 1. The van der Waals surface area contributed by atoms with E-state index in [1.807, 2.05) is 42.1 Å². The number of hydrogen-bond acceptors (Lipinski definition) is 7. The number of benzene rings is 1. The van der Waals surface area contributed by atoms with Crippen molar-refractivity contribution in [3.8, 4) is 11.6 Å². The molecule has 32 heavy (non-hydrogen) atoms. The standard InChI is InChI=1S/C24H28N2O4S2/c1-29-21-8-7-18-4-2-5-20(23(18)25-21)30-13-10-17-9-11-26(16-19(17)24(27)28)12-15-32-22-6-3-14-31-22/h2-8,14,17,19H,9-13,15-16H2,1H3,(H,27,28)/t17-,19-/m0/s1. The number of carbonyl (C=O) groups is 1. The van der Waals surface area contributed by atoms with Crippen molar-refractivity contribution in [2.24, 2.45) is 11.8 Å². The fourth-order valence-electron chi connectivity index (χ4n) is 4.17. The van der Waals surface area contributed by atoms with E-state index in [1.54, 1.807) is 18.4 Å². The van der Waals surface area contributed by atoms with Crippen LogP contribution in [-0.4, -0.2) is 60.1 Å². The number of aliphatic carboxylic acids is 1. The molecule has 1 aromatic carbocycles. The molecule has 1 aliphatic rings. The molecular formula is C24H28N2O4S2. The molecule has 2 aromatic heterocycles. The van der Waals surface area contributed by atoms with Crippen LogP contribution in [0.5, 0.6) is 11.6 Å². The summed E-state index contributed by atoms with van der Waals surface area (Å²) in [6.45, 7) is 2.93. The Bertz CT molecular complexity index is 1030. The van der Waals surface area contributed by atoms with Crippen molar-refractivity contribution in [3.05, 3.63) is 47.8 Å². The Balaban J connectivity index is 1.30. The predicted octanol–water partition coefficient (Wildman–Crippen LogP) is 4.89. The van der Waals surface area contributed by atoms with Crippen molar-refractivity contribution >= 4 is 40.0 Å². The van der Waals surface area contributed by atoms with Gasteiger partial charge in [-0.1, -0.05) is 18.2 Å². The number of thioether (sulfide) groups is 1. The van der Waals surface area contributed by atoms with Crippen LogP contribution in [0.4, 0.5) is 0 Å². The van der Waals surface area contributed by atoms with Gasteiger partial charge in [0, 0.05) is 30.3 Å². The van der Waals surface area contributed by atoms with E-state index >= 15 is 0 Å². The fraction of sp³-hybridized carbons (Fsp3) is 0.417. The minimum atomic E-state index is -0.706. The molecule has 6 nitrogen and oxygen atoms in total. The lowest BCUT2D eigenvalue weighted by Crippen LogP contribution is -2.45. The number of aromatic nitrogens is 1. The molecule has 0 saturated carbocycles. The number of pyridine rings is 1. The summed E-state index contributed by atoms with van der Waals surface area (Å²) in [7, 11) is 1.59. The summed E-state index contributed by atoms with van der Waals surface area (Å²) < 4.78 is 12.6. The highest BCUT2D eigenvalue weighted by Gasteiger charge is 2.34. The number of fused-ring (bicyclic) bond motifs is 1. The number of methoxy groups -OCH3 is 1. The smallest absolute Gasteiger partial charge is 0.308 e. The van der Waals surface area contributed by atoms with Crippen LogP contribution in [0, 0.1) is 11.8 Å². The monoisotopic (exact) mass is 472 g/mol. The number of para-hydroxylation sites is 1. The minimum Gasteiger partial charge on any atom is -0.491 e. The van der Waals surface area contributed by atoms with E-state index in [0.29, 0.717) is 24.8 Å². The third-order valence-corrected chi connectivity index (χ3v) is 8.03. The molecule has 0 amide bonds.